The van der Waals surface area contributed by atoms with Gasteiger partial charge in [-0.2, -0.15) is 0 Å². The van der Waals surface area contributed by atoms with E-state index in [-0.39, 0.29) is 22.2 Å². The third kappa shape index (κ3) is 3.11. The summed E-state index contributed by atoms with van der Waals surface area (Å²) in [6, 6.07) is 4.15. The fourth-order valence-electron chi connectivity index (χ4n) is 1.54. The molecule has 0 aliphatic rings. The first-order chi connectivity index (χ1) is 8.52. The summed E-state index contributed by atoms with van der Waals surface area (Å²) in [5.74, 6) is -0.215. The number of nitro groups is 1. The third-order valence-electron chi connectivity index (χ3n) is 2.43. The molecule has 0 spiro atoms. The van der Waals surface area contributed by atoms with Crippen LogP contribution in [0.3, 0.4) is 0 Å². The van der Waals surface area contributed by atoms with E-state index < -0.39 is 10.8 Å². The van der Waals surface area contributed by atoms with Crippen molar-refractivity contribution in [3.05, 3.63) is 38.9 Å². The summed E-state index contributed by atoms with van der Waals surface area (Å²) in [6.45, 7) is 2.50. The lowest BCUT2D eigenvalue weighted by Crippen LogP contribution is -2.33. The van der Waals surface area contributed by atoms with Crippen LogP contribution in [0.2, 0.25) is 5.02 Å². The maximum Gasteiger partial charge on any atom is 0.283 e. The smallest absolute Gasteiger partial charge is 0.283 e. The van der Waals surface area contributed by atoms with Gasteiger partial charge in [-0.1, -0.05) is 17.7 Å². The molecule has 1 aromatic rings. The Labute approximate surface area is 114 Å². The van der Waals surface area contributed by atoms with E-state index in [2.05, 4.69) is 0 Å². The van der Waals surface area contributed by atoms with E-state index in [9.17, 15) is 14.9 Å². The summed E-state index contributed by atoms with van der Waals surface area (Å²) in [6.07, 6.45) is 0. The summed E-state index contributed by atoms with van der Waals surface area (Å²) < 4.78 is 0. The van der Waals surface area contributed by atoms with E-state index in [4.69, 9.17) is 23.2 Å². The van der Waals surface area contributed by atoms with Crippen molar-refractivity contribution in [3.8, 4) is 0 Å². The Morgan fingerprint density at radius 3 is 2.67 bits per heavy atom. The van der Waals surface area contributed by atoms with Crippen LogP contribution in [0.1, 0.15) is 17.3 Å². The van der Waals surface area contributed by atoms with E-state index in [1.54, 1.807) is 6.92 Å². The molecule has 0 bridgehead atoms. The van der Waals surface area contributed by atoms with Gasteiger partial charge in [0.25, 0.3) is 11.6 Å². The Balaban J connectivity index is 3.22. The first kappa shape index (κ1) is 14.7. The molecule has 0 heterocycles. The zero-order valence-corrected chi connectivity index (χ0v) is 11.2. The second kappa shape index (κ2) is 6.56. The lowest BCUT2D eigenvalue weighted by molar-refractivity contribution is -0.385. The van der Waals surface area contributed by atoms with E-state index >= 15 is 0 Å². The molecule has 0 aliphatic heterocycles. The molecular weight excluding hydrogens is 279 g/mol. The van der Waals surface area contributed by atoms with Crippen molar-refractivity contribution in [2.75, 3.05) is 19.0 Å². The normalized spacial score (nSPS) is 10.2. The molecule has 18 heavy (non-hydrogen) atoms. The number of carbonyl (C=O) groups is 1. The van der Waals surface area contributed by atoms with E-state index in [1.165, 1.54) is 23.1 Å². The number of hydrogen-bond acceptors (Lipinski definition) is 3. The highest BCUT2D eigenvalue weighted by Crippen LogP contribution is 2.27. The molecule has 1 aromatic carbocycles. The van der Waals surface area contributed by atoms with Crippen LogP contribution in [0.5, 0.6) is 0 Å². The largest absolute Gasteiger partial charge is 0.337 e. The fourth-order valence-corrected chi connectivity index (χ4v) is 1.99. The molecule has 0 saturated carbocycles. The van der Waals surface area contributed by atoms with Crippen LogP contribution in [0, 0.1) is 10.1 Å². The molecule has 0 saturated heterocycles. The average molecular weight is 291 g/mol. The third-order valence-corrected chi connectivity index (χ3v) is 2.91. The Hall–Kier alpha value is -1.33. The Bertz CT molecular complexity index is 466. The molecule has 0 unspecified atom stereocenters. The molecular formula is C11H12Cl2N2O3. The van der Waals surface area contributed by atoms with Crippen molar-refractivity contribution in [2.24, 2.45) is 0 Å². The van der Waals surface area contributed by atoms with Gasteiger partial charge in [-0.15, -0.1) is 11.6 Å². The molecule has 7 heteroatoms. The van der Waals surface area contributed by atoms with Crippen LogP contribution in [0.4, 0.5) is 5.69 Å². The van der Waals surface area contributed by atoms with Gasteiger partial charge in [0.1, 0.15) is 5.56 Å². The minimum atomic E-state index is -0.617. The highest BCUT2D eigenvalue weighted by molar-refractivity contribution is 6.34. The van der Waals surface area contributed by atoms with Gasteiger partial charge >= 0.3 is 0 Å². The van der Waals surface area contributed by atoms with E-state index in [0.717, 1.165) is 0 Å². The van der Waals surface area contributed by atoms with Crippen molar-refractivity contribution in [2.45, 2.75) is 6.92 Å². The molecule has 1 amide bonds. The standard InChI is InChI=1S/C11H12Cl2N2O3/c1-2-14(7-6-12)11(16)10-8(13)4-3-5-9(10)15(17)18/h3-5H,2,6-7H2,1H3. The number of amides is 1. The second-order valence-electron chi connectivity index (χ2n) is 3.46. The number of nitro benzene ring substituents is 1. The highest BCUT2D eigenvalue weighted by atomic mass is 35.5. The molecule has 1 rings (SSSR count). The quantitative estimate of drug-likeness (QED) is 0.476. The summed E-state index contributed by atoms with van der Waals surface area (Å²) >= 11 is 11.5. The van der Waals surface area contributed by atoms with Crippen LogP contribution in [0.25, 0.3) is 0 Å². The number of carbonyl (C=O) groups excluding carboxylic acids is 1. The van der Waals surface area contributed by atoms with E-state index in [1.807, 2.05) is 0 Å². The number of alkyl halides is 1. The van der Waals surface area contributed by atoms with Crippen LogP contribution < -0.4 is 0 Å². The molecule has 5 nitrogen and oxygen atoms in total. The zero-order chi connectivity index (χ0) is 13.7. The molecule has 98 valence electrons. The maximum atomic E-state index is 12.2. The average Bonchev–Trinajstić information content (AvgIpc) is 2.34. The number of hydrogen-bond donors (Lipinski definition) is 0. The van der Waals surface area contributed by atoms with Gasteiger partial charge in [-0.05, 0) is 13.0 Å². The zero-order valence-electron chi connectivity index (χ0n) is 9.73. The van der Waals surface area contributed by atoms with Gasteiger partial charge in [0.15, 0.2) is 0 Å². The maximum absolute atomic E-state index is 12.2. The minimum Gasteiger partial charge on any atom is -0.337 e. The molecule has 0 atom stereocenters. The summed E-state index contributed by atoms with van der Waals surface area (Å²) in [5.41, 5.74) is -0.378. The Morgan fingerprint density at radius 2 is 2.17 bits per heavy atom. The molecule has 0 N–H and O–H groups in total. The van der Waals surface area contributed by atoms with Gasteiger partial charge < -0.3 is 4.90 Å². The monoisotopic (exact) mass is 290 g/mol. The van der Waals surface area contributed by atoms with Crippen LogP contribution in [0.15, 0.2) is 18.2 Å². The number of rotatable bonds is 5. The summed E-state index contributed by atoms with van der Waals surface area (Å²) in [7, 11) is 0. The van der Waals surface area contributed by atoms with E-state index in [0.29, 0.717) is 13.1 Å². The van der Waals surface area contributed by atoms with Crippen LogP contribution in [-0.4, -0.2) is 34.7 Å². The van der Waals surface area contributed by atoms with Gasteiger partial charge in [-0.3, -0.25) is 14.9 Å². The lowest BCUT2D eigenvalue weighted by Gasteiger charge is -2.19. The Kier molecular flexibility index (Phi) is 5.37. The predicted octanol–water partition coefficient (Wildman–Crippen LogP) is 2.95. The Morgan fingerprint density at radius 1 is 1.50 bits per heavy atom. The minimum absolute atomic E-state index is 0.0715. The van der Waals surface area contributed by atoms with Gasteiger partial charge in [-0.25, -0.2) is 0 Å². The first-order valence-corrected chi connectivity index (χ1v) is 6.22. The highest BCUT2D eigenvalue weighted by Gasteiger charge is 2.26. The number of nitrogens with zero attached hydrogens (tertiary/aromatic N) is 2. The molecule has 0 aromatic heterocycles. The van der Waals surface area contributed by atoms with Crippen molar-refractivity contribution < 1.29 is 9.72 Å². The fraction of sp³-hybridized carbons (Fsp3) is 0.364. The van der Waals surface area contributed by atoms with Crippen LogP contribution >= 0.6 is 23.2 Å². The molecule has 0 fully saturated rings. The lowest BCUT2D eigenvalue weighted by atomic mass is 10.1. The molecule has 0 radical (unpaired) electrons. The van der Waals surface area contributed by atoms with Gasteiger partial charge in [0.05, 0.1) is 9.95 Å². The van der Waals surface area contributed by atoms with Crippen LogP contribution in [-0.2, 0) is 0 Å². The summed E-state index contributed by atoms with van der Waals surface area (Å²) in [4.78, 5) is 23.9. The van der Waals surface area contributed by atoms with Gasteiger partial charge in [0.2, 0.25) is 0 Å². The van der Waals surface area contributed by atoms with Crippen molar-refractivity contribution in [1.82, 2.24) is 4.90 Å². The van der Waals surface area contributed by atoms with Crippen molar-refractivity contribution in [3.63, 3.8) is 0 Å². The number of halogens is 2. The second-order valence-corrected chi connectivity index (χ2v) is 4.25. The van der Waals surface area contributed by atoms with Crippen molar-refractivity contribution in [1.29, 1.82) is 0 Å². The predicted molar refractivity (Wildman–Crippen MR) is 70.4 cm³/mol. The van der Waals surface area contributed by atoms with Crippen molar-refractivity contribution >= 4 is 34.8 Å². The van der Waals surface area contributed by atoms with Gasteiger partial charge in [0, 0.05) is 25.0 Å². The topological polar surface area (TPSA) is 63.5 Å². The SMILES string of the molecule is CCN(CCCl)C(=O)c1c(Cl)cccc1[N+](=O)[O-]. The number of benzene rings is 1. The molecule has 0 aliphatic carbocycles. The first-order valence-electron chi connectivity index (χ1n) is 5.31. The summed E-state index contributed by atoms with van der Waals surface area (Å²) in [5, 5.41) is 11.0.